The Morgan fingerprint density at radius 3 is 2.06 bits per heavy atom. The quantitative estimate of drug-likeness (QED) is 0.847. The molecule has 0 saturated heterocycles. The molecule has 96 valence electrons. The van der Waals surface area contributed by atoms with Crippen molar-refractivity contribution in [2.75, 3.05) is 6.26 Å². The van der Waals surface area contributed by atoms with Gasteiger partial charge < -0.3 is 5.11 Å². The van der Waals surface area contributed by atoms with Gasteiger partial charge in [-0.15, -0.1) is 0 Å². The summed E-state index contributed by atoms with van der Waals surface area (Å²) in [7, 11) is -3.62. The Labute approximate surface area is 96.8 Å². The van der Waals surface area contributed by atoms with E-state index in [9.17, 15) is 26.7 Å². The molecule has 0 radical (unpaired) electrons. The molecule has 2 atom stereocenters. The van der Waals surface area contributed by atoms with Crippen LogP contribution >= 0.6 is 0 Å². The first kappa shape index (κ1) is 14.0. The van der Waals surface area contributed by atoms with E-state index in [4.69, 9.17) is 0 Å². The van der Waals surface area contributed by atoms with Crippen molar-refractivity contribution in [1.29, 1.82) is 0 Å². The molecule has 0 amide bonds. The van der Waals surface area contributed by atoms with Crippen molar-refractivity contribution < 1.29 is 26.7 Å². The highest BCUT2D eigenvalue weighted by Crippen LogP contribution is 2.25. The zero-order valence-electron chi connectivity index (χ0n) is 9.12. The van der Waals surface area contributed by atoms with E-state index >= 15 is 0 Å². The molecule has 1 aromatic carbocycles. The van der Waals surface area contributed by atoms with Crippen molar-refractivity contribution in [3.63, 3.8) is 0 Å². The second kappa shape index (κ2) is 4.66. The minimum Gasteiger partial charge on any atom is -0.387 e. The van der Waals surface area contributed by atoms with Gasteiger partial charge in [0.25, 0.3) is 0 Å². The minimum atomic E-state index is -3.62. The molecule has 0 spiro atoms. The third-order valence-electron chi connectivity index (χ3n) is 2.48. The summed E-state index contributed by atoms with van der Waals surface area (Å²) in [5.41, 5.74) is -0.582. The van der Waals surface area contributed by atoms with E-state index in [1.54, 1.807) is 0 Å². The van der Waals surface area contributed by atoms with Gasteiger partial charge in [-0.05, 0) is 13.0 Å². The number of rotatable bonds is 3. The first-order chi connectivity index (χ1) is 7.64. The van der Waals surface area contributed by atoms with Gasteiger partial charge in [-0.1, -0.05) is 0 Å². The first-order valence-corrected chi connectivity index (χ1v) is 6.61. The maximum absolute atomic E-state index is 13.3. The highest BCUT2D eigenvalue weighted by molar-refractivity contribution is 7.91. The fourth-order valence-corrected chi connectivity index (χ4v) is 1.87. The standard InChI is InChI=1S/C10H11F3O3S/c1-5(17(2,15)16)10(14)6-3-8(12)9(13)4-7(6)11/h3-5,10,14H,1-2H3. The summed E-state index contributed by atoms with van der Waals surface area (Å²) in [5, 5.41) is 8.29. The first-order valence-electron chi connectivity index (χ1n) is 4.66. The number of aliphatic hydroxyl groups is 1. The molecule has 17 heavy (non-hydrogen) atoms. The van der Waals surface area contributed by atoms with E-state index in [1.165, 1.54) is 0 Å². The number of sulfone groups is 1. The van der Waals surface area contributed by atoms with E-state index in [2.05, 4.69) is 0 Å². The minimum absolute atomic E-state index is 0.267. The van der Waals surface area contributed by atoms with Crippen molar-refractivity contribution >= 4 is 9.84 Å². The number of halogens is 3. The zero-order valence-corrected chi connectivity index (χ0v) is 9.93. The molecule has 0 aromatic heterocycles. The summed E-state index contributed by atoms with van der Waals surface area (Å²) >= 11 is 0. The van der Waals surface area contributed by atoms with Gasteiger partial charge in [0.15, 0.2) is 21.5 Å². The Balaban J connectivity index is 3.22. The molecule has 0 heterocycles. The molecule has 1 N–H and O–H groups in total. The molecular formula is C10H11F3O3S. The van der Waals surface area contributed by atoms with Crippen LogP contribution in [0, 0.1) is 17.5 Å². The van der Waals surface area contributed by atoms with Crippen molar-refractivity contribution in [3.05, 3.63) is 35.1 Å². The highest BCUT2D eigenvalue weighted by atomic mass is 32.2. The second-order valence-corrected chi connectivity index (χ2v) is 6.17. The van der Waals surface area contributed by atoms with Crippen LogP contribution in [0.15, 0.2) is 12.1 Å². The van der Waals surface area contributed by atoms with Crippen molar-refractivity contribution in [1.82, 2.24) is 0 Å². The molecule has 0 fully saturated rings. The molecule has 1 aromatic rings. The van der Waals surface area contributed by atoms with Crippen LogP contribution in [0.25, 0.3) is 0 Å². The highest BCUT2D eigenvalue weighted by Gasteiger charge is 2.28. The van der Waals surface area contributed by atoms with E-state index < -0.39 is 44.2 Å². The van der Waals surface area contributed by atoms with Crippen LogP contribution in [0.4, 0.5) is 13.2 Å². The molecule has 0 saturated carbocycles. The SMILES string of the molecule is CC(C(O)c1cc(F)c(F)cc1F)S(C)(=O)=O. The van der Waals surface area contributed by atoms with E-state index in [0.717, 1.165) is 13.2 Å². The van der Waals surface area contributed by atoms with Gasteiger partial charge in [0, 0.05) is 17.9 Å². The second-order valence-electron chi connectivity index (χ2n) is 3.77. The summed E-state index contributed by atoms with van der Waals surface area (Å²) in [6, 6.07) is 0.722. The predicted octanol–water partition coefficient (Wildman–Crippen LogP) is 1.57. The monoisotopic (exact) mass is 268 g/mol. The van der Waals surface area contributed by atoms with Crippen LogP contribution in [-0.4, -0.2) is 25.0 Å². The van der Waals surface area contributed by atoms with Gasteiger partial charge in [-0.25, -0.2) is 21.6 Å². The Bertz CT molecular complexity index is 528. The van der Waals surface area contributed by atoms with Gasteiger partial charge in [-0.2, -0.15) is 0 Å². The van der Waals surface area contributed by atoms with Crippen molar-refractivity contribution in [2.24, 2.45) is 0 Å². The van der Waals surface area contributed by atoms with Gasteiger partial charge >= 0.3 is 0 Å². The molecular weight excluding hydrogens is 257 g/mol. The summed E-state index contributed by atoms with van der Waals surface area (Å²) in [6.07, 6.45) is -0.890. The lowest BCUT2D eigenvalue weighted by atomic mass is 10.1. The Morgan fingerprint density at radius 1 is 1.12 bits per heavy atom. The number of hydrogen-bond donors (Lipinski definition) is 1. The van der Waals surface area contributed by atoms with Crippen LogP contribution < -0.4 is 0 Å². The third-order valence-corrected chi connectivity index (χ3v) is 4.09. The molecule has 0 aliphatic heterocycles. The topological polar surface area (TPSA) is 54.4 Å². The van der Waals surface area contributed by atoms with E-state index in [0.29, 0.717) is 6.07 Å². The molecule has 2 unspecified atom stereocenters. The van der Waals surface area contributed by atoms with Gasteiger partial charge in [0.2, 0.25) is 0 Å². The van der Waals surface area contributed by atoms with Crippen LogP contribution in [0.3, 0.4) is 0 Å². The number of aliphatic hydroxyl groups excluding tert-OH is 1. The summed E-state index contributed by atoms with van der Waals surface area (Å²) < 4.78 is 61.1. The molecule has 7 heteroatoms. The zero-order chi connectivity index (χ0) is 13.4. The molecule has 0 aliphatic carbocycles. The summed E-state index contributed by atoms with van der Waals surface area (Å²) in [4.78, 5) is 0. The lowest BCUT2D eigenvalue weighted by Gasteiger charge is -2.18. The number of hydrogen-bond acceptors (Lipinski definition) is 3. The van der Waals surface area contributed by atoms with Gasteiger partial charge in [-0.3, -0.25) is 0 Å². The van der Waals surface area contributed by atoms with E-state index in [-0.39, 0.29) is 6.07 Å². The molecule has 0 aliphatic rings. The average molecular weight is 268 g/mol. The Morgan fingerprint density at radius 2 is 1.59 bits per heavy atom. The summed E-state index contributed by atoms with van der Waals surface area (Å²) in [5.74, 6) is -3.93. The fourth-order valence-electron chi connectivity index (χ4n) is 1.25. The van der Waals surface area contributed by atoms with E-state index in [1.807, 2.05) is 0 Å². The largest absolute Gasteiger partial charge is 0.387 e. The lowest BCUT2D eigenvalue weighted by molar-refractivity contribution is 0.170. The van der Waals surface area contributed by atoms with Crippen molar-refractivity contribution in [2.45, 2.75) is 18.3 Å². The molecule has 3 nitrogen and oxygen atoms in total. The van der Waals surface area contributed by atoms with Crippen LogP contribution in [0.2, 0.25) is 0 Å². The third kappa shape index (κ3) is 2.98. The van der Waals surface area contributed by atoms with Crippen LogP contribution in [0.1, 0.15) is 18.6 Å². The van der Waals surface area contributed by atoms with Gasteiger partial charge in [0.05, 0.1) is 11.4 Å². The number of benzene rings is 1. The maximum atomic E-state index is 13.3. The lowest BCUT2D eigenvalue weighted by Crippen LogP contribution is -2.25. The fraction of sp³-hybridized carbons (Fsp3) is 0.400. The van der Waals surface area contributed by atoms with Crippen molar-refractivity contribution in [3.8, 4) is 0 Å². The average Bonchev–Trinajstić information content (AvgIpc) is 2.20. The predicted molar refractivity (Wildman–Crippen MR) is 55.6 cm³/mol. The Kier molecular flexibility index (Phi) is 3.83. The van der Waals surface area contributed by atoms with Crippen LogP contribution in [0.5, 0.6) is 0 Å². The van der Waals surface area contributed by atoms with Gasteiger partial charge in [0.1, 0.15) is 5.82 Å². The molecule has 1 rings (SSSR count). The Hall–Kier alpha value is -1.08. The van der Waals surface area contributed by atoms with Crippen LogP contribution in [-0.2, 0) is 9.84 Å². The smallest absolute Gasteiger partial charge is 0.161 e. The maximum Gasteiger partial charge on any atom is 0.161 e. The normalized spacial score (nSPS) is 15.6. The molecule has 0 bridgehead atoms. The summed E-state index contributed by atoms with van der Waals surface area (Å²) in [6.45, 7) is 1.15.